The lowest BCUT2D eigenvalue weighted by Crippen LogP contribution is -2.07. The number of methoxy groups -OCH3 is 1. The van der Waals surface area contributed by atoms with E-state index in [0.717, 1.165) is 6.07 Å². The molecule has 27 heavy (non-hydrogen) atoms. The molecule has 1 heterocycles. The van der Waals surface area contributed by atoms with Gasteiger partial charge < -0.3 is 9.29 Å². The first-order chi connectivity index (χ1) is 12.7. The van der Waals surface area contributed by atoms with Crippen LogP contribution in [0.5, 0.6) is 5.75 Å². The maximum atomic E-state index is 13.0. The van der Waals surface area contributed by atoms with Crippen LogP contribution in [-0.2, 0) is 17.4 Å². The van der Waals surface area contributed by atoms with Crippen LogP contribution in [0.3, 0.4) is 0 Å². The fourth-order valence-corrected chi connectivity index (χ4v) is 2.25. The number of rotatable bonds is 3. The largest absolute Gasteiger partial charge is 0.760 e. The number of nitrogens with two attached hydrogens (primary N) is 1. The van der Waals surface area contributed by atoms with E-state index in [4.69, 9.17) is 13.5 Å². The highest BCUT2D eigenvalue weighted by molar-refractivity contribution is 7.76. The van der Waals surface area contributed by atoms with Crippen LogP contribution in [0.25, 0.3) is 16.9 Å². The topological polar surface area (TPSA) is 93.2 Å². The molecule has 0 radical (unpaired) electrons. The molecule has 0 saturated carbocycles. The van der Waals surface area contributed by atoms with Crippen LogP contribution in [0.4, 0.5) is 13.2 Å². The Bertz CT molecular complexity index is 893. The highest BCUT2D eigenvalue weighted by atomic mass is 32.2. The summed E-state index contributed by atoms with van der Waals surface area (Å²) in [5, 5.41) is 7.76. The molecule has 0 amide bonds. The summed E-state index contributed by atoms with van der Waals surface area (Å²) in [6.45, 7) is 0. The highest BCUT2D eigenvalue weighted by Gasteiger charge is 2.35. The molecule has 6 nitrogen and oxygen atoms in total. The Morgan fingerprint density at radius 1 is 1.11 bits per heavy atom. The number of halogens is 3. The predicted molar refractivity (Wildman–Crippen MR) is 93.7 cm³/mol. The van der Waals surface area contributed by atoms with Crippen LogP contribution >= 0.6 is 0 Å². The molecule has 2 aromatic carbocycles. The number of nitrogens with zero attached hydrogens (tertiary/aromatic N) is 2. The summed E-state index contributed by atoms with van der Waals surface area (Å²) in [5.41, 5.74) is 0.629. The Kier molecular flexibility index (Phi) is 6.72. The highest BCUT2D eigenvalue weighted by Crippen LogP contribution is 2.33. The van der Waals surface area contributed by atoms with Gasteiger partial charge in [-0.05, 0) is 42.5 Å². The van der Waals surface area contributed by atoms with E-state index in [0.29, 0.717) is 22.7 Å². The van der Waals surface area contributed by atoms with Crippen molar-refractivity contribution in [2.24, 2.45) is 5.14 Å². The van der Waals surface area contributed by atoms with Gasteiger partial charge in [0.05, 0.1) is 18.5 Å². The molecule has 1 aromatic heterocycles. The SMILES string of the molecule is COc1ccc(-c2cc(C(F)(F)F)nn2-c2ccccc2)cc1.NS(=O)[O-]. The molecule has 0 fully saturated rings. The first kappa shape index (κ1) is 20.6. The molecule has 1 atom stereocenters. The Balaban J connectivity index is 0.000000596. The summed E-state index contributed by atoms with van der Waals surface area (Å²) in [5.74, 6) is 0.635. The van der Waals surface area contributed by atoms with Crippen molar-refractivity contribution in [1.29, 1.82) is 0 Å². The van der Waals surface area contributed by atoms with Crippen molar-refractivity contribution >= 4 is 11.3 Å². The number of hydrogen-bond donors (Lipinski definition) is 1. The van der Waals surface area contributed by atoms with E-state index in [-0.39, 0.29) is 0 Å². The number of para-hydroxylation sites is 1. The van der Waals surface area contributed by atoms with E-state index in [2.05, 4.69) is 10.2 Å². The van der Waals surface area contributed by atoms with Gasteiger partial charge in [0.1, 0.15) is 5.75 Å². The Hall–Kier alpha value is -2.69. The fraction of sp³-hybridized carbons (Fsp3) is 0.118. The molecule has 0 saturated heterocycles. The van der Waals surface area contributed by atoms with Crippen molar-refractivity contribution < 1.29 is 26.7 Å². The smallest absolute Gasteiger partial charge is 0.435 e. The van der Waals surface area contributed by atoms with Gasteiger partial charge in [-0.15, -0.1) is 0 Å². The van der Waals surface area contributed by atoms with Crippen LogP contribution in [0, 0.1) is 0 Å². The third-order valence-corrected chi connectivity index (χ3v) is 3.39. The van der Waals surface area contributed by atoms with E-state index in [9.17, 15) is 13.2 Å². The normalized spacial score (nSPS) is 12.1. The van der Waals surface area contributed by atoms with Crippen molar-refractivity contribution in [2.45, 2.75) is 6.18 Å². The lowest BCUT2D eigenvalue weighted by atomic mass is 10.1. The first-order valence-electron chi connectivity index (χ1n) is 7.43. The third kappa shape index (κ3) is 5.64. The molecule has 0 aliphatic carbocycles. The Labute approximate surface area is 155 Å². The van der Waals surface area contributed by atoms with Crippen molar-refractivity contribution in [3.63, 3.8) is 0 Å². The van der Waals surface area contributed by atoms with E-state index in [1.54, 1.807) is 54.6 Å². The van der Waals surface area contributed by atoms with Crippen molar-refractivity contribution in [3.8, 4) is 22.7 Å². The summed E-state index contributed by atoms with van der Waals surface area (Å²) in [6, 6.07) is 16.6. The molecular weight excluding hydrogens is 383 g/mol. The molecule has 2 N–H and O–H groups in total. The predicted octanol–water partition coefficient (Wildman–Crippen LogP) is 3.31. The zero-order valence-corrected chi connectivity index (χ0v) is 14.8. The average Bonchev–Trinajstić information content (AvgIpc) is 3.08. The minimum Gasteiger partial charge on any atom is -0.760 e. The molecular formula is C17H15F3N3O3S-. The molecule has 0 aliphatic rings. The number of aromatic nitrogens is 2. The van der Waals surface area contributed by atoms with E-state index in [1.807, 2.05) is 0 Å². The van der Waals surface area contributed by atoms with E-state index < -0.39 is 23.1 Å². The van der Waals surface area contributed by atoms with Gasteiger partial charge in [-0.25, -0.2) is 4.68 Å². The Morgan fingerprint density at radius 3 is 2.15 bits per heavy atom. The number of alkyl halides is 3. The minimum absolute atomic E-state index is 0.367. The van der Waals surface area contributed by atoms with Gasteiger partial charge in [0, 0.05) is 16.8 Å². The third-order valence-electron chi connectivity index (χ3n) is 3.39. The lowest BCUT2D eigenvalue weighted by molar-refractivity contribution is -0.141. The second-order valence-electron chi connectivity index (χ2n) is 5.15. The maximum Gasteiger partial charge on any atom is 0.435 e. The molecule has 0 bridgehead atoms. The Morgan fingerprint density at radius 2 is 1.67 bits per heavy atom. The number of ether oxygens (including phenoxy) is 1. The zero-order chi connectivity index (χ0) is 20.0. The molecule has 3 rings (SSSR count). The van der Waals surface area contributed by atoms with Gasteiger partial charge >= 0.3 is 6.18 Å². The summed E-state index contributed by atoms with van der Waals surface area (Å²) < 4.78 is 63.0. The van der Waals surface area contributed by atoms with Crippen LogP contribution < -0.4 is 9.88 Å². The summed E-state index contributed by atoms with van der Waals surface area (Å²) in [4.78, 5) is 0. The van der Waals surface area contributed by atoms with E-state index in [1.165, 1.54) is 11.8 Å². The molecule has 144 valence electrons. The van der Waals surface area contributed by atoms with Gasteiger partial charge in [0.15, 0.2) is 5.69 Å². The number of hydrogen-bond acceptors (Lipinski definition) is 4. The van der Waals surface area contributed by atoms with Crippen molar-refractivity contribution in [3.05, 3.63) is 66.4 Å². The fourth-order valence-electron chi connectivity index (χ4n) is 2.25. The summed E-state index contributed by atoms with van der Waals surface area (Å²) in [7, 11) is 1.53. The van der Waals surface area contributed by atoms with Crippen LogP contribution in [0.1, 0.15) is 5.69 Å². The second-order valence-corrected chi connectivity index (χ2v) is 5.67. The summed E-state index contributed by atoms with van der Waals surface area (Å²) in [6.07, 6.45) is -4.50. The van der Waals surface area contributed by atoms with E-state index >= 15 is 0 Å². The molecule has 0 spiro atoms. The lowest BCUT2D eigenvalue weighted by Gasteiger charge is -2.08. The molecule has 0 aliphatic heterocycles. The standard InChI is InChI=1S/C17H13F3N2O.H3NO2S/c1-23-14-9-7-12(8-10-14)15-11-16(17(18,19)20)21-22(15)13-5-3-2-4-6-13;1-4(2)3/h2-11H,1H3;1H2,(H,2,3)/p-1. The summed E-state index contributed by atoms with van der Waals surface area (Å²) >= 11 is -2.36. The number of benzene rings is 2. The minimum atomic E-state index is -4.50. The molecule has 1 unspecified atom stereocenters. The van der Waals surface area contributed by atoms with Gasteiger partial charge in [-0.2, -0.15) is 18.3 Å². The molecule has 3 aromatic rings. The van der Waals surface area contributed by atoms with Crippen LogP contribution in [0.15, 0.2) is 60.7 Å². The van der Waals surface area contributed by atoms with Gasteiger partial charge in [-0.3, -0.25) is 9.35 Å². The first-order valence-corrected chi connectivity index (χ1v) is 8.57. The van der Waals surface area contributed by atoms with Gasteiger partial charge in [0.25, 0.3) is 0 Å². The van der Waals surface area contributed by atoms with Crippen molar-refractivity contribution in [1.82, 2.24) is 9.78 Å². The monoisotopic (exact) mass is 398 g/mol. The van der Waals surface area contributed by atoms with Gasteiger partial charge in [-0.1, -0.05) is 18.2 Å². The molecule has 10 heteroatoms. The zero-order valence-electron chi connectivity index (χ0n) is 14.0. The van der Waals surface area contributed by atoms with Crippen LogP contribution in [-0.4, -0.2) is 25.7 Å². The van der Waals surface area contributed by atoms with Gasteiger partial charge in [0.2, 0.25) is 0 Å². The van der Waals surface area contributed by atoms with Crippen molar-refractivity contribution in [2.75, 3.05) is 7.11 Å². The maximum absolute atomic E-state index is 13.0. The quantitative estimate of drug-likeness (QED) is 0.685. The second kappa shape index (κ2) is 8.80. The average molecular weight is 398 g/mol. The van der Waals surface area contributed by atoms with Crippen LogP contribution in [0.2, 0.25) is 0 Å².